The van der Waals surface area contributed by atoms with Gasteiger partial charge in [0.25, 0.3) is 0 Å². The summed E-state index contributed by atoms with van der Waals surface area (Å²) in [6.07, 6.45) is 9.63. The minimum atomic E-state index is 0. The van der Waals surface area contributed by atoms with Crippen LogP contribution in [0.3, 0.4) is 0 Å². The highest BCUT2D eigenvalue weighted by molar-refractivity contribution is 6.03. The molecule has 1 aliphatic heterocycles. The molecule has 1 aromatic carbocycles. The molecule has 29 heavy (non-hydrogen) atoms. The molecule has 0 atom stereocenters. The van der Waals surface area contributed by atoms with Crippen LogP contribution < -0.4 is 10.2 Å². The standard InChI is InChI=1S/C21H21N7.ClH/c1-2-4-16(5-3-1)17-14-23-21-19(20(17)28-10-8-22-9-11-28)18(26-27-21)7-6-15-12-24-25-13-15;/h1-7,12-14,22H,8-11H2,(H,24,25)(H,23,26,27);1H. The fraction of sp³-hybridized carbons (Fsp3) is 0.190. The number of pyridine rings is 1. The molecule has 148 valence electrons. The van der Waals surface area contributed by atoms with Crippen molar-refractivity contribution >= 4 is 41.3 Å². The van der Waals surface area contributed by atoms with E-state index < -0.39 is 0 Å². The fourth-order valence-electron chi connectivity index (χ4n) is 3.69. The number of aromatic amines is 2. The van der Waals surface area contributed by atoms with E-state index in [0.717, 1.165) is 59.6 Å². The van der Waals surface area contributed by atoms with Crippen molar-refractivity contribution in [3.05, 3.63) is 60.2 Å². The highest BCUT2D eigenvalue weighted by atomic mass is 35.5. The van der Waals surface area contributed by atoms with E-state index in [4.69, 9.17) is 0 Å². The zero-order valence-electron chi connectivity index (χ0n) is 15.8. The van der Waals surface area contributed by atoms with Crippen LogP contribution in [0.4, 0.5) is 5.69 Å². The molecule has 4 heterocycles. The van der Waals surface area contributed by atoms with Crippen LogP contribution in [0.25, 0.3) is 34.3 Å². The van der Waals surface area contributed by atoms with Crippen LogP contribution in [-0.2, 0) is 0 Å². The number of nitrogens with one attached hydrogen (secondary N) is 3. The van der Waals surface area contributed by atoms with Crippen molar-refractivity contribution in [1.29, 1.82) is 0 Å². The molecule has 3 N–H and O–H groups in total. The molecule has 1 saturated heterocycles. The Morgan fingerprint density at radius 2 is 1.83 bits per heavy atom. The van der Waals surface area contributed by atoms with E-state index in [0.29, 0.717) is 0 Å². The maximum Gasteiger partial charge on any atom is 0.157 e. The predicted octanol–water partition coefficient (Wildman–Crippen LogP) is 3.35. The number of anilines is 1. The minimum Gasteiger partial charge on any atom is -0.368 e. The number of fused-ring (bicyclic) bond motifs is 1. The van der Waals surface area contributed by atoms with Gasteiger partial charge in [-0.1, -0.05) is 30.3 Å². The summed E-state index contributed by atoms with van der Waals surface area (Å²) in [6, 6.07) is 10.4. The van der Waals surface area contributed by atoms with Crippen molar-refractivity contribution in [3.8, 4) is 11.1 Å². The Bertz CT molecular complexity index is 1100. The Balaban J connectivity index is 0.00000205. The summed E-state index contributed by atoms with van der Waals surface area (Å²) in [6.45, 7) is 3.84. The first-order chi connectivity index (χ1) is 13.9. The molecular weight excluding hydrogens is 386 g/mol. The van der Waals surface area contributed by atoms with Crippen molar-refractivity contribution < 1.29 is 0 Å². The van der Waals surface area contributed by atoms with Gasteiger partial charge < -0.3 is 10.2 Å². The van der Waals surface area contributed by atoms with Crippen LogP contribution in [0.2, 0.25) is 0 Å². The van der Waals surface area contributed by atoms with Crippen LogP contribution in [0.15, 0.2) is 48.9 Å². The molecule has 0 bridgehead atoms. The van der Waals surface area contributed by atoms with Crippen molar-refractivity contribution in [2.75, 3.05) is 31.1 Å². The molecule has 4 aromatic rings. The van der Waals surface area contributed by atoms with Crippen molar-refractivity contribution in [1.82, 2.24) is 30.7 Å². The molecule has 5 rings (SSSR count). The van der Waals surface area contributed by atoms with Crippen molar-refractivity contribution in [2.24, 2.45) is 0 Å². The lowest BCUT2D eigenvalue weighted by molar-refractivity contribution is 0.590. The van der Waals surface area contributed by atoms with E-state index in [-0.39, 0.29) is 12.4 Å². The Morgan fingerprint density at radius 3 is 2.59 bits per heavy atom. The van der Waals surface area contributed by atoms with Crippen LogP contribution in [0, 0.1) is 0 Å². The molecule has 3 aromatic heterocycles. The molecule has 1 fully saturated rings. The zero-order valence-corrected chi connectivity index (χ0v) is 16.6. The summed E-state index contributed by atoms with van der Waals surface area (Å²) in [4.78, 5) is 7.10. The predicted molar refractivity (Wildman–Crippen MR) is 119 cm³/mol. The van der Waals surface area contributed by atoms with Crippen LogP contribution in [-0.4, -0.2) is 51.6 Å². The van der Waals surface area contributed by atoms with E-state index in [9.17, 15) is 0 Å². The third-order valence-corrected chi connectivity index (χ3v) is 5.06. The normalized spacial score (nSPS) is 14.4. The molecule has 0 amide bonds. The maximum atomic E-state index is 4.67. The van der Waals surface area contributed by atoms with Gasteiger partial charge in [0, 0.05) is 49.7 Å². The van der Waals surface area contributed by atoms with Gasteiger partial charge >= 0.3 is 0 Å². The molecule has 0 spiro atoms. The smallest absolute Gasteiger partial charge is 0.157 e. The molecule has 0 radical (unpaired) electrons. The molecule has 0 saturated carbocycles. The summed E-state index contributed by atoms with van der Waals surface area (Å²) in [5.41, 5.74) is 6.19. The number of benzene rings is 1. The molecule has 0 aliphatic carbocycles. The zero-order chi connectivity index (χ0) is 18.8. The monoisotopic (exact) mass is 407 g/mol. The SMILES string of the molecule is C(=Cc1n[nH]c2ncc(-c3ccccc3)c(N3CCNCC3)c12)c1cn[nH]c1.Cl. The average molecular weight is 408 g/mol. The van der Waals surface area contributed by atoms with Crippen LogP contribution in [0.5, 0.6) is 0 Å². The lowest BCUT2D eigenvalue weighted by Crippen LogP contribution is -2.43. The highest BCUT2D eigenvalue weighted by Gasteiger charge is 2.22. The molecule has 1 aliphatic rings. The van der Waals surface area contributed by atoms with E-state index in [1.54, 1.807) is 6.20 Å². The first-order valence-electron chi connectivity index (χ1n) is 9.45. The largest absolute Gasteiger partial charge is 0.368 e. The second-order valence-electron chi connectivity index (χ2n) is 6.82. The summed E-state index contributed by atoms with van der Waals surface area (Å²) < 4.78 is 0. The van der Waals surface area contributed by atoms with Crippen molar-refractivity contribution in [3.63, 3.8) is 0 Å². The van der Waals surface area contributed by atoms with Crippen molar-refractivity contribution in [2.45, 2.75) is 0 Å². The van der Waals surface area contributed by atoms with Gasteiger partial charge in [-0.25, -0.2) is 4.98 Å². The van der Waals surface area contributed by atoms with E-state index in [2.05, 4.69) is 59.9 Å². The van der Waals surface area contributed by atoms with E-state index in [1.807, 2.05) is 30.6 Å². The molecular formula is C21H22ClN7. The van der Waals surface area contributed by atoms with Gasteiger partial charge in [-0.2, -0.15) is 10.2 Å². The Labute approximate surface area is 174 Å². The lowest BCUT2D eigenvalue weighted by atomic mass is 10.0. The molecule has 0 unspecified atom stereocenters. The van der Waals surface area contributed by atoms with Crippen LogP contribution in [0.1, 0.15) is 11.3 Å². The summed E-state index contributed by atoms with van der Waals surface area (Å²) >= 11 is 0. The summed E-state index contributed by atoms with van der Waals surface area (Å²) in [5.74, 6) is 0. The number of H-pyrrole nitrogens is 2. The first-order valence-corrected chi connectivity index (χ1v) is 9.45. The first kappa shape index (κ1) is 19.2. The van der Waals surface area contributed by atoms with Gasteiger partial charge in [0.15, 0.2) is 5.65 Å². The molecule has 7 nitrogen and oxygen atoms in total. The topological polar surface area (TPSA) is 85.5 Å². The number of piperazine rings is 1. The third kappa shape index (κ3) is 3.74. The number of aromatic nitrogens is 5. The molecule has 8 heteroatoms. The van der Waals surface area contributed by atoms with Gasteiger partial charge in [-0.3, -0.25) is 10.2 Å². The quantitative estimate of drug-likeness (QED) is 0.483. The summed E-state index contributed by atoms with van der Waals surface area (Å²) in [5, 5.41) is 19.0. The average Bonchev–Trinajstić information content (AvgIpc) is 3.42. The van der Waals surface area contributed by atoms with Gasteiger partial charge in [0.2, 0.25) is 0 Å². The van der Waals surface area contributed by atoms with Gasteiger partial charge in [0.05, 0.1) is 23.0 Å². The third-order valence-electron chi connectivity index (χ3n) is 5.06. The Hall–Kier alpha value is -3.16. The summed E-state index contributed by atoms with van der Waals surface area (Å²) in [7, 11) is 0. The second-order valence-corrected chi connectivity index (χ2v) is 6.82. The Morgan fingerprint density at radius 1 is 1.00 bits per heavy atom. The number of rotatable bonds is 4. The Kier molecular flexibility index (Phi) is 5.59. The number of hydrogen-bond donors (Lipinski definition) is 3. The highest BCUT2D eigenvalue weighted by Crippen LogP contribution is 2.38. The minimum absolute atomic E-state index is 0. The van der Waals surface area contributed by atoms with Gasteiger partial charge in [0.1, 0.15) is 0 Å². The number of nitrogens with zero attached hydrogens (tertiary/aromatic N) is 4. The number of halogens is 1. The van der Waals surface area contributed by atoms with E-state index in [1.165, 1.54) is 5.69 Å². The second kappa shape index (κ2) is 8.46. The van der Waals surface area contributed by atoms with Gasteiger partial charge in [-0.05, 0) is 17.7 Å². The fourth-order valence-corrected chi connectivity index (χ4v) is 3.69. The number of hydrogen-bond acceptors (Lipinski definition) is 5. The van der Waals surface area contributed by atoms with E-state index >= 15 is 0 Å². The van der Waals surface area contributed by atoms with Gasteiger partial charge in [-0.15, -0.1) is 12.4 Å². The lowest BCUT2D eigenvalue weighted by Gasteiger charge is -2.31. The maximum absolute atomic E-state index is 4.67. The van der Waals surface area contributed by atoms with Crippen LogP contribution >= 0.6 is 12.4 Å².